The zero-order chi connectivity index (χ0) is 18.0. The number of hydrogen-bond acceptors (Lipinski definition) is 3. The number of quaternary nitrogens is 1. The topological polar surface area (TPSA) is 55.3 Å². The maximum absolute atomic E-state index is 10.4. The molecule has 1 aliphatic rings. The molecule has 0 spiro atoms. The van der Waals surface area contributed by atoms with Gasteiger partial charge in [0.2, 0.25) is 0 Å². The molecule has 134 valence electrons. The molecule has 0 radical (unpaired) electrons. The van der Waals surface area contributed by atoms with Crippen molar-refractivity contribution < 1.29 is 19.9 Å². The summed E-state index contributed by atoms with van der Waals surface area (Å²) in [6.07, 6.45) is 0.924. The van der Waals surface area contributed by atoms with Crippen LogP contribution in [-0.2, 0) is 6.42 Å². The van der Waals surface area contributed by atoms with Crippen molar-refractivity contribution in [2.24, 2.45) is 0 Å². The summed E-state index contributed by atoms with van der Waals surface area (Å²) >= 11 is 12.3. The van der Waals surface area contributed by atoms with Gasteiger partial charge in [0, 0.05) is 17.0 Å². The first-order valence-corrected chi connectivity index (χ1v) is 9.24. The molecule has 1 aliphatic heterocycles. The normalized spacial score (nSPS) is 16.4. The van der Waals surface area contributed by atoms with Crippen LogP contribution >= 0.6 is 23.2 Å². The highest BCUT2D eigenvalue weighted by atomic mass is 35.5. The van der Waals surface area contributed by atoms with Gasteiger partial charge in [-0.15, -0.1) is 0 Å². The molecule has 4 nitrogen and oxygen atoms in total. The van der Waals surface area contributed by atoms with Crippen LogP contribution in [0, 0.1) is 0 Å². The molecule has 0 amide bonds. The summed E-state index contributed by atoms with van der Waals surface area (Å²) < 4.78 is 11.5. The monoisotopic (exact) mass is 382 g/mol. The summed E-state index contributed by atoms with van der Waals surface area (Å²) in [7, 11) is 0. The van der Waals surface area contributed by atoms with Gasteiger partial charge < -0.3 is 19.9 Å². The van der Waals surface area contributed by atoms with Gasteiger partial charge in [0.15, 0.2) is 11.5 Å². The minimum Gasteiger partial charge on any atom is -0.506 e. The standard InChI is InChI=1S/C19H21Cl2NO3/c1-3-24-16-7-11-5-6-22-18(13(11)10-17(16)25-4-2)14-8-12(20)9-15(21)19(14)23/h7-10,18,22-23H,3-6H2,1-2H3/p+1/t18-/m0/s1. The van der Waals surface area contributed by atoms with E-state index in [0.29, 0.717) is 23.8 Å². The van der Waals surface area contributed by atoms with E-state index < -0.39 is 0 Å². The highest BCUT2D eigenvalue weighted by Gasteiger charge is 2.30. The third-order valence-electron chi connectivity index (χ3n) is 4.35. The van der Waals surface area contributed by atoms with Gasteiger partial charge in [-0.3, -0.25) is 0 Å². The second-order valence-electron chi connectivity index (χ2n) is 5.94. The van der Waals surface area contributed by atoms with E-state index in [-0.39, 0.29) is 16.8 Å². The van der Waals surface area contributed by atoms with Crippen LogP contribution in [0.5, 0.6) is 17.2 Å². The maximum Gasteiger partial charge on any atom is 0.161 e. The van der Waals surface area contributed by atoms with Gasteiger partial charge in [0.05, 0.1) is 30.3 Å². The average Bonchev–Trinajstić information content (AvgIpc) is 2.58. The van der Waals surface area contributed by atoms with Crippen molar-refractivity contribution in [2.45, 2.75) is 26.3 Å². The Morgan fingerprint density at radius 2 is 1.72 bits per heavy atom. The van der Waals surface area contributed by atoms with Gasteiger partial charge in [0.25, 0.3) is 0 Å². The van der Waals surface area contributed by atoms with Crippen molar-refractivity contribution in [3.8, 4) is 17.2 Å². The van der Waals surface area contributed by atoms with Crippen LogP contribution in [0.25, 0.3) is 0 Å². The smallest absolute Gasteiger partial charge is 0.161 e. The summed E-state index contributed by atoms with van der Waals surface area (Å²) in [4.78, 5) is 0. The molecule has 2 aromatic carbocycles. The molecule has 0 unspecified atom stereocenters. The minimum atomic E-state index is -0.0881. The zero-order valence-electron chi connectivity index (χ0n) is 14.3. The fourth-order valence-electron chi connectivity index (χ4n) is 3.31. The van der Waals surface area contributed by atoms with E-state index in [1.807, 2.05) is 26.0 Å². The molecule has 0 aromatic heterocycles. The van der Waals surface area contributed by atoms with Gasteiger partial charge in [-0.1, -0.05) is 23.2 Å². The SMILES string of the molecule is CCOc1cc2c(cc1OCC)[C@@H](c1cc(Cl)cc(Cl)c1O)[NH2+]CC2. The van der Waals surface area contributed by atoms with Gasteiger partial charge in [0.1, 0.15) is 11.8 Å². The fourth-order valence-corrected chi connectivity index (χ4v) is 3.82. The Kier molecular flexibility index (Phi) is 5.62. The van der Waals surface area contributed by atoms with E-state index in [1.165, 1.54) is 5.56 Å². The van der Waals surface area contributed by atoms with E-state index in [1.54, 1.807) is 12.1 Å². The maximum atomic E-state index is 10.4. The molecule has 0 bridgehead atoms. The van der Waals surface area contributed by atoms with Crippen molar-refractivity contribution in [3.05, 3.63) is 51.0 Å². The zero-order valence-corrected chi connectivity index (χ0v) is 15.8. The average molecular weight is 383 g/mol. The summed E-state index contributed by atoms with van der Waals surface area (Å²) in [5.41, 5.74) is 2.99. The lowest BCUT2D eigenvalue weighted by molar-refractivity contribution is -0.690. The quantitative estimate of drug-likeness (QED) is 0.828. The number of aromatic hydroxyl groups is 1. The molecule has 0 aliphatic carbocycles. The summed E-state index contributed by atoms with van der Waals surface area (Å²) in [5.74, 6) is 1.56. The van der Waals surface area contributed by atoms with Gasteiger partial charge in [-0.25, -0.2) is 0 Å². The summed E-state index contributed by atoms with van der Waals surface area (Å²) in [5, 5.41) is 13.4. The van der Waals surface area contributed by atoms with E-state index >= 15 is 0 Å². The lowest BCUT2D eigenvalue weighted by Gasteiger charge is -2.26. The lowest BCUT2D eigenvalue weighted by atomic mass is 9.89. The van der Waals surface area contributed by atoms with Crippen LogP contribution in [0.3, 0.4) is 0 Å². The lowest BCUT2D eigenvalue weighted by Crippen LogP contribution is -2.87. The first-order chi connectivity index (χ1) is 12.0. The Balaban J connectivity index is 2.11. The predicted molar refractivity (Wildman–Crippen MR) is 99.2 cm³/mol. The van der Waals surface area contributed by atoms with Crippen LogP contribution in [-0.4, -0.2) is 24.9 Å². The summed E-state index contributed by atoms with van der Waals surface area (Å²) in [6, 6.07) is 7.30. The molecule has 3 rings (SSSR count). The third kappa shape index (κ3) is 3.66. The van der Waals surface area contributed by atoms with E-state index in [4.69, 9.17) is 32.7 Å². The van der Waals surface area contributed by atoms with Crippen LogP contribution in [0.4, 0.5) is 0 Å². The Labute approximate surface area is 157 Å². The van der Waals surface area contributed by atoms with Crippen molar-refractivity contribution in [1.29, 1.82) is 0 Å². The minimum absolute atomic E-state index is 0.0759. The Bertz CT molecular complexity index is 780. The number of rotatable bonds is 5. The molecule has 1 atom stereocenters. The number of benzene rings is 2. The Morgan fingerprint density at radius 1 is 1.04 bits per heavy atom. The van der Waals surface area contributed by atoms with Crippen LogP contribution < -0.4 is 14.8 Å². The summed E-state index contributed by atoms with van der Waals surface area (Å²) in [6.45, 7) is 5.94. The fraction of sp³-hybridized carbons (Fsp3) is 0.368. The van der Waals surface area contributed by atoms with Gasteiger partial charge >= 0.3 is 0 Å². The number of ether oxygens (including phenoxy) is 2. The van der Waals surface area contributed by atoms with Gasteiger partial charge in [-0.05, 0) is 43.7 Å². The van der Waals surface area contributed by atoms with Crippen LogP contribution in [0.15, 0.2) is 24.3 Å². The second-order valence-corrected chi connectivity index (χ2v) is 6.78. The van der Waals surface area contributed by atoms with E-state index in [9.17, 15) is 5.11 Å². The highest BCUT2D eigenvalue weighted by molar-refractivity contribution is 6.35. The van der Waals surface area contributed by atoms with Gasteiger partial charge in [-0.2, -0.15) is 0 Å². The van der Waals surface area contributed by atoms with Crippen molar-refractivity contribution in [3.63, 3.8) is 0 Å². The molecule has 1 heterocycles. The predicted octanol–water partition coefficient (Wildman–Crippen LogP) is 3.71. The molecule has 0 fully saturated rings. The van der Waals surface area contributed by atoms with Crippen molar-refractivity contribution in [2.75, 3.05) is 19.8 Å². The molecule has 3 N–H and O–H groups in total. The first kappa shape index (κ1) is 18.2. The Morgan fingerprint density at radius 3 is 2.40 bits per heavy atom. The second kappa shape index (κ2) is 7.73. The third-order valence-corrected chi connectivity index (χ3v) is 4.86. The molecule has 0 saturated carbocycles. The Hall–Kier alpha value is -1.62. The highest BCUT2D eigenvalue weighted by Crippen LogP contribution is 2.40. The largest absolute Gasteiger partial charge is 0.506 e. The molecular formula is C19H22Cl2NO3+. The number of halogens is 2. The number of fused-ring (bicyclic) bond motifs is 1. The number of phenols is 1. The van der Waals surface area contributed by atoms with Crippen LogP contribution in [0.1, 0.15) is 36.6 Å². The number of hydrogen-bond donors (Lipinski definition) is 2. The van der Waals surface area contributed by atoms with Crippen LogP contribution in [0.2, 0.25) is 10.0 Å². The van der Waals surface area contributed by atoms with E-state index in [0.717, 1.165) is 30.0 Å². The molecule has 2 aromatic rings. The number of nitrogens with two attached hydrogens (primary N) is 1. The number of phenolic OH excluding ortho intramolecular Hbond substituents is 1. The van der Waals surface area contributed by atoms with E-state index in [2.05, 4.69) is 5.32 Å². The van der Waals surface area contributed by atoms with Crippen molar-refractivity contribution in [1.82, 2.24) is 0 Å². The molecule has 25 heavy (non-hydrogen) atoms. The molecular weight excluding hydrogens is 361 g/mol. The van der Waals surface area contributed by atoms with Crippen molar-refractivity contribution >= 4 is 23.2 Å². The first-order valence-electron chi connectivity index (χ1n) is 8.48. The molecule has 6 heteroatoms. The molecule has 0 saturated heterocycles.